The summed E-state index contributed by atoms with van der Waals surface area (Å²) >= 11 is 0. The Hall–Kier alpha value is -1.39. The topological polar surface area (TPSA) is 91.7 Å². The van der Waals surface area contributed by atoms with Crippen molar-refractivity contribution in [1.29, 1.82) is 0 Å². The van der Waals surface area contributed by atoms with Crippen molar-refractivity contribution >= 4 is 17.7 Å². The van der Waals surface area contributed by atoms with Gasteiger partial charge in [0.25, 0.3) is 0 Å². The molecule has 0 radical (unpaired) electrons. The molecule has 0 fully saturated rings. The van der Waals surface area contributed by atoms with Crippen LogP contribution in [0.3, 0.4) is 0 Å². The number of ketones is 2. The summed E-state index contributed by atoms with van der Waals surface area (Å²) in [4.78, 5) is 28.6. The average molecular weight is 162 g/mol. The first-order chi connectivity index (χ1) is 4.86. The van der Waals surface area contributed by atoms with Gasteiger partial charge < -0.3 is 10.2 Å². The molecule has 0 bridgehead atoms. The monoisotopic (exact) mass is 162 g/mol. The molecule has 64 valence electrons. The van der Waals surface area contributed by atoms with E-state index in [9.17, 15) is 9.59 Å². The second kappa shape index (κ2) is 6.73. The maximum Gasteiger partial charge on any atom is 0.503 e. The third kappa shape index (κ3) is 55.2. The summed E-state index contributed by atoms with van der Waals surface area (Å²) in [6, 6.07) is 0. The maximum atomic E-state index is 10.0. The summed E-state index contributed by atoms with van der Waals surface area (Å²) in [5.41, 5.74) is 0. The lowest BCUT2D eigenvalue weighted by Crippen LogP contribution is -1.97. The first-order valence-corrected chi connectivity index (χ1v) is 2.77. The third-order valence-corrected chi connectivity index (χ3v) is 0.498. The van der Waals surface area contributed by atoms with Crippen LogP contribution in [0.4, 0.5) is 4.79 Å². The fourth-order valence-corrected chi connectivity index (χ4v) is 0.351. The number of carbonyl (C=O) groups excluding carboxylic acids is 2. The van der Waals surface area contributed by atoms with Crippen molar-refractivity contribution in [1.82, 2.24) is 0 Å². The lowest BCUT2D eigenvalue weighted by molar-refractivity contribution is -0.124. The fraction of sp³-hybridized carbons (Fsp3) is 0.500. The van der Waals surface area contributed by atoms with Gasteiger partial charge in [0, 0.05) is 0 Å². The van der Waals surface area contributed by atoms with E-state index in [4.69, 9.17) is 15.0 Å². The maximum absolute atomic E-state index is 10.0. The molecule has 2 N–H and O–H groups in total. The smallest absolute Gasteiger partial charge is 0.450 e. The average Bonchev–Trinajstić information content (AvgIpc) is 1.56. The van der Waals surface area contributed by atoms with Crippen LogP contribution in [0.2, 0.25) is 0 Å². The van der Waals surface area contributed by atoms with Gasteiger partial charge in [0.1, 0.15) is 11.6 Å². The highest BCUT2D eigenvalue weighted by Gasteiger charge is 1.94. The van der Waals surface area contributed by atoms with E-state index in [2.05, 4.69) is 0 Å². The van der Waals surface area contributed by atoms with Crippen LogP contribution in [-0.2, 0) is 9.59 Å². The summed E-state index contributed by atoms with van der Waals surface area (Å²) in [5, 5.41) is 13.9. The Balaban J connectivity index is 0. The molecule has 5 heteroatoms. The molecule has 11 heavy (non-hydrogen) atoms. The molecule has 0 spiro atoms. The molecule has 5 nitrogen and oxygen atoms in total. The van der Waals surface area contributed by atoms with Crippen LogP contribution in [0.5, 0.6) is 0 Å². The van der Waals surface area contributed by atoms with Crippen LogP contribution in [0.1, 0.15) is 20.3 Å². The molecule has 0 aliphatic rings. The largest absolute Gasteiger partial charge is 0.503 e. The van der Waals surface area contributed by atoms with E-state index >= 15 is 0 Å². The zero-order chi connectivity index (χ0) is 9.44. The second-order valence-electron chi connectivity index (χ2n) is 1.86. The van der Waals surface area contributed by atoms with Crippen molar-refractivity contribution in [2.24, 2.45) is 0 Å². The Bertz CT molecular complexity index is 144. The molecule has 0 aromatic rings. The second-order valence-corrected chi connectivity index (χ2v) is 1.86. The van der Waals surface area contributed by atoms with E-state index in [-0.39, 0.29) is 18.0 Å². The van der Waals surface area contributed by atoms with Crippen LogP contribution in [0, 0.1) is 0 Å². The molecule has 0 aromatic carbocycles. The Kier molecular flexibility index (Phi) is 7.52. The van der Waals surface area contributed by atoms with Gasteiger partial charge in [0.2, 0.25) is 0 Å². The van der Waals surface area contributed by atoms with Gasteiger partial charge in [-0.3, -0.25) is 9.59 Å². The molecule has 0 saturated heterocycles. The molecule has 0 rings (SSSR count). The van der Waals surface area contributed by atoms with Gasteiger partial charge in [-0.25, -0.2) is 4.79 Å². The highest BCUT2D eigenvalue weighted by molar-refractivity contribution is 5.96. The van der Waals surface area contributed by atoms with Gasteiger partial charge in [-0.15, -0.1) is 0 Å². The Morgan fingerprint density at radius 1 is 1.00 bits per heavy atom. The first kappa shape index (κ1) is 12.3. The Labute approximate surface area is 63.6 Å². The molecule has 0 heterocycles. The van der Waals surface area contributed by atoms with E-state index in [1.807, 2.05) is 0 Å². The molecule has 0 aromatic heterocycles. The molecular formula is C6H10O5. The normalized spacial score (nSPS) is 7.45. The Morgan fingerprint density at radius 3 is 1.18 bits per heavy atom. The minimum absolute atomic E-state index is 0.0625. The number of rotatable bonds is 2. The number of hydrogen-bond donors (Lipinski definition) is 2. The quantitative estimate of drug-likeness (QED) is 0.585. The van der Waals surface area contributed by atoms with Crippen LogP contribution < -0.4 is 0 Å². The van der Waals surface area contributed by atoms with Crippen molar-refractivity contribution in [3.8, 4) is 0 Å². The van der Waals surface area contributed by atoms with Gasteiger partial charge >= 0.3 is 6.16 Å². The van der Waals surface area contributed by atoms with E-state index in [1.165, 1.54) is 13.8 Å². The third-order valence-electron chi connectivity index (χ3n) is 0.498. The van der Waals surface area contributed by atoms with Crippen LogP contribution in [0.15, 0.2) is 0 Å². The standard InChI is InChI=1S/C5H8O2.CH2O3/c1-4(6)3-5(2)7;2-1(3)4/h3H2,1-2H3;(H2,2,3,4). The minimum Gasteiger partial charge on any atom is -0.450 e. The zero-order valence-corrected chi connectivity index (χ0v) is 6.33. The number of carbonyl (C=O) groups is 3. The lowest BCUT2D eigenvalue weighted by Gasteiger charge is -1.81. The minimum atomic E-state index is -1.83. The van der Waals surface area contributed by atoms with Crippen LogP contribution >= 0.6 is 0 Å². The summed E-state index contributed by atoms with van der Waals surface area (Å²) in [5.74, 6) is -0.125. The van der Waals surface area contributed by atoms with E-state index in [0.29, 0.717) is 0 Å². The van der Waals surface area contributed by atoms with Crippen molar-refractivity contribution in [2.75, 3.05) is 0 Å². The van der Waals surface area contributed by atoms with Gasteiger partial charge in [-0.05, 0) is 13.8 Å². The molecule has 0 aliphatic carbocycles. The summed E-state index contributed by atoms with van der Waals surface area (Å²) < 4.78 is 0. The highest BCUT2D eigenvalue weighted by atomic mass is 16.6. The summed E-state index contributed by atoms with van der Waals surface area (Å²) in [6.45, 7) is 2.81. The summed E-state index contributed by atoms with van der Waals surface area (Å²) in [7, 11) is 0. The first-order valence-electron chi connectivity index (χ1n) is 2.77. The predicted octanol–water partition coefficient (Wildman–Crippen LogP) is 0.777. The molecule has 0 unspecified atom stereocenters. The van der Waals surface area contributed by atoms with Crippen molar-refractivity contribution in [2.45, 2.75) is 20.3 Å². The van der Waals surface area contributed by atoms with Crippen LogP contribution in [0.25, 0.3) is 0 Å². The van der Waals surface area contributed by atoms with E-state index in [0.717, 1.165) is 0 Å². The summed E-state index contributed by atoms with van der Waals surface area (Å²) in [6.07, 6.45) is -1.75. The van der Waals surface area contributed by atoms with E-state index < -0.39 is 6.16 Å². The van der Waals surface area contributed by atoms with Gasteiger partial charge in [-0.2, -0.15) is 0 Å². The van der Waals surface area contributed by atoms with Gasteiger partial charge in [0.15, 0.2) is 0 Å². The van der Waals surface area contributed by atoms with Crippen molar-refractivity contribution in [3.63, 3.8) is 0 Å². The Morgan fingerprint density at radius 2 is 1.18 bits per heavy atom. The predicted molar refractivity (Wildman–Crippen MR) is 36.6 cm³/mol. The van der Waals surface area contributed by atoms with Crippen LogP contribution in [-0.4, -0.2) is 27.9 Å². The number of Topliss-reactive ketones (excluding diaryl/α,β-unsaturated/α-hetero) is 2. The highest BCUT2D eigenvalue weighted by Crippen LogP contribution is 1.80. The van der Waals surface area contributed by atoms with Crippen molar-refractivity contribution < 1.29 is 24.6 Å². The molecule has 0 saturated carbocycles. The fourth-order valence-electron chi connectivity index (χ4n) is 0.351. The SMILES string of the molecule is CC(=O)CC(C)=O.O=C(O)O. The molecular weight excluding hydrogens is 152 g/mol. The van der Waals surface area contributed by atoms with Crippen molar-refractivity contribution in [3.05, 3.63) is 0 Å². The molecule has 0 aliphatic heterocycles. The molecule has 0 amide bonds. The van der Waals surface area contributed by atoms with Gasteiger partial charge in [-0.1, -0.05) is 0 Å². The van der Waals surface area contributed by atoms with Gasteiger partial charge in [0.05, 0.1) is 6.42 Å². The molecule has 0 atom stereocenters. The van der Waals surface area contributed by atoms with E-state index in [1.54, 1.807) is 0 Å². The lowest BCUT2D eigenvalue weighted by atomic mass is 10.2. The number of hydrogen-bond acceptors (Lipinski definition) is 3. The number of carboxylic acid groups (broad SMARTS) is 2. The zero-order valence-electron chi connectivity index (χ0n) is 6.33.